The summed E-state index contributed by atoms with van der Waals surface area (Å²) in [4.78, 5) is 25.9. The SMILES string of the molecule is O=C(CC1CCCC1)NC[C@@H]1CC(=O)N(Cc2ccc(F)cc2)C1. The molecule has 5 heteroatoms. The molecular formula is C19H25FN2O2. The molecule has 1 atom stereocenters. The van der Waals surface area contributed by atoms with Crippen LogP contribution >= 0.6 is 0 Å². The number of benzene rings is 1. The fourth-order valence-corrected chi connectivity index (χ4v) is 3.76. The maximum absolute atomic E-state index is 12.9. The number of likely N-dealkylation sites (tertiary alicyclic amines) is 1. The minimum atomic E-state index is -0.269. The number of rotatable bonds is 6. The third-order valence-electron chi connectivity index (χ3n) is 5.12. The molecular weight excluding hydrogens is 307 g/mol. The summed E-state index contributed by atoms with van der Waals surface area (Å²) in [7, 11) is 0. The standard InChI is InChI=1S/C19H25FN2O2/c20-17-7-5-15(6-8-17)12-22-13-16(10-19(22)24)11-21-18(23)9-14-3-1-2-4-14/h5-8,14,16H,1-4,9-13H2,(H,21,23)/t16-/m0/s1. The molecule has 0 aromatic heterocycles. The van der Waals surface area contributed by atoms with Crippen molar-refractivity contribution in [3.63, 3.8) is 0 Å². The first-order valence-corrected chi connectivity index (χ1v) is 8.89. The summed E-state index contributed by atoms with van der Waals surface area (Å²) in [5, 5.41) is 3.00. The van der Waals surface area contributed by atoms with Gasteiger partial charge in [-0.15, -0.1) is 0 Å². The smallest absolute Gasteiger partial charge is 0.223 e. The zero-order valence-corrected chi connectivity index (χ0v) is 14.0. The van der Waals surface area contributed by atoms with E-state index in [0.717, 1.165) is 5.56 Å². The van der Waals surface area contributed by atoms with E-state index in [0.29, 0.717) is 38.4 Å². The largest absolute Gasteiger partial charge is 0.356 e. The van der Waals surface area contributed by atoms with Crippen molar-refractivity contribution in [3.05, 3.63) is 35.6 Å². The van der Waals surface area contributed by atoms with Gasteiger partial charge in [0.05, 0.1) is 0 Å². The van der Waals surface area contributed by atoms with Gasteiger partial charge in [0.1, 0.15) is 5.82 Å². The number of nitrogens with zero attached hydrogens (tertiary/aromatic N) is 1. The van der Waals surface area contributed by atoms with Gasteiger partial charge >= 0.3 is 0 Å². The fourth-order valence-electron chi connectivity index (χ4n) is 3.76. The van der Waals surface area contributed by atoms with Crippen LogP contribution in [0.4, 0.5) is 4.39 Å². The third-order valence-corrected chi connectivity index (χ3v) is 5.12. The number of hydrogen-bond acceptors (Lipinski definition) is 2. The summed E-state index contributed by atoms with van der Waals surface area (Å²) < 4.78 is 12.9. The first-order valence-electron chi connectivity index (χ1n) is 8.89. The van der Waals surface area contributed by atoms with Crippen LogP contribution in [0.5, 0.6) is 0 Å². The highest BCUT2D eigenvalue weighted by molar-refractivity contribution is 5.79. The van der Waals surface area contributed by atoms with E-state index in [2.05, 4.69) is 5.32 Å². The zero-order chi connectivity index (χ0) is 16.9. The van der Waals surface area contributed by atoms with E-state index in [1.165, 1.54) is 37.8 Å². The van der Waals surface area contributed by atoms with Crippen LogP contribution in [-0.4, -0.2) is 29.8 Å². The Morgan fingerprint density at radius 1 is 1.17 bits per heavy atom. The molecule has 1 aliphatic carbocycles. The van der Waals surface area contributed by atoms with E-state index in [1.807, 2.05) is 0 Å². The summed E-state index contributed by atoms with van der Waals surface area (Å²) in [6, 6.07) is 6.24. The molecule has 1 aromatic carbocycles. The van der Waals surface area contributed by atoms with Crippen LogP contribution in [0, 0.1) is 17.7 Å². The van der Waals surface area contributed by atoms with E-state index in [1.54, 1.807) is 17.0 Å². The van der Waals surface area contributed by atoms with Gasteiger partial charge in [0.15, 0.2) is 0 Å². The summed E-state index contributed by atoms with van der Waals surface area (Å²) in [6.07, 6.45) is 5.92. The van der Waals surface area contributed by atoms with E-state index >= 15 is 0 Å². The highest BCUT2D eigenvalue weighted by Crippen LogP contribution is 2.27. The molecule has 1 heterocycles. The summed E-state index contributed by atoms with van der Waals surface area (Å²) in [5.74, 6) is 0.672. The Morgan fingerprint density at radius 3 is 2.58 bits per heavy atom. The third kappa shape index (κ3) is 4.56. The summed E-state index contributed by atoms with van der Waals surface area (Å²) in [5.41, 5.74) is 0.927. The molecule has 24 heavy (non-hydrogen) atoms. The molecule has 1 aliphatic heterocycles. The Labute approximate surface area is 142 Å². The molecule has 1 N–H and O–H groups in total. The van der Waals surface area contributed by atoms with Crippen LogP contribution < -0.4 is 5.32 Å². The van der Waals surface area contributed by atoms with Gasteiger partial charge in [0, 0.05) is 38.4 Å². The molecule has 1 saturated heterocycles. The van der Waals surface area contributed by atoms with Crippen LogP contribution in [0.25, 0.3) is 0 Å². The van der Waals surface area contributed by atoms with Gasteiger partial charge in [-0.25, -0.2) is 4.39 Å². The number of hydrogen-bond donors (Lipinski definition) is 1. The average molecular weight is 332 g/mol. The lowest BCUT2D eigenvalue weighted by molar-refractivity contribution is -0.128. The summed E-state index contributed by atoms with van der Waals surface area (Å²) in [6.45, 7) is 1.72. The Morgan fingerprint density at radius 2 is 1.88 bits per heavy atom. The second-order valence-corrected chi connectivity index (χ2v) is 7.13. The predicted octanol–water partition coefficient (Wildman–Crippen LogP) is 2.87. The molecule has 2 amide bonds. The minimum absolute atomic E-state index is 0.106. The molecule has 2 aliphatic rings. The zero-order valence-electron chi connectivity index (χ0n) is 14.0. The minimum Gasteiger partial charge on any atom is -0.356 e. The van der Waals surface area contributed by atoms with Gasteiger partial charge in [0.25, 0.3) is 0 Å². The molecule has 1 saturated carbocycles. The first kappa shape index (κ1) is 16.9. The maximum atomic E-state index is 12.9. The quantitative estimate of drug-likeness (QED) is 0.871. The molecule has 0 spiro atoms. The van der Waals surface area contributed by atoms with Crippen molar-refractivity contribution < 1.29 is 14.0 Å². The normalized spacial score (nSPS) is 21.5. The van der Waals surface area contributed by atoms with Crippen LogP contribution in [0.1, 0.15) is 44.1 Å². The van der Waals surface area contributed by atoms with Crippen LogP contribution in [0.2, 0.25) is 0 Å². The number of halogens is 1. The van der Waals surface area contributed by atoms with Crippen molar-refractivity contribution in [3.8, 4) is 0 Å². The van der Waals surface area contributed by atoms with Crippen LogP contribution in [0.3, 0.4) is 0 Å². The fraction of sp³-hybridized carbons (Fsp3) is 0.579. The van der Waals surface area contributed by atoms with Crippen molar-refractivity contribution in [2.24, 2.45) is 11.8 Å². The van der Waals surface area contributed by atoms with Crippen molar-refractivity contribution in [2.75, 3.05) is 13.1 Å². The van der Waals surface area contributed by atoms with E-state index in [4.69, 9.17) is 0 Å². The Bertz CT molecular complexity index is 582. The van der Waals surface area contributed by atoms with Crippen molar-refractivity contribution in [2.45, 2.75) is 45.1 Å². The highest BCUT2D eigenvalue weighted by atomic mass is 19.1. The van der Waals surface area contributed by atoms with Gasteiger partial charge < -0.3 is 10.2 Å². The number of carbonyl (C=O) groups is 2. The van der Waals surface area contributed by atoms with Crippen molar-refractivity contribution >= 4 is 11.8 Å². The van der Waals surface area contributed by atoms with E-state index in [-0.39, 0.29) is 23.5 Å². The van der Waals surface area contributed by atoms with Crippen LogP contribution in [0.15, 0.2) is 24.3 Å². The average Bonchev–Trinajstić information content (AvgIpc) is 3.18. The van der Waals surface area contributed by atoms with Crippen LogP contribution in [-0.2, 0) is 16.1 Å². The highest BCUT2D eigenvalue weighted by Gasteiger charge is 2.30. The molecule has 3 rings (SSSR count). The molecule has 0 bridgehead atoms. The lowest BCUT2D eigenvalue weighted by atomic mass is 10.0. The molecule has 4 nitrogen and oxygen atoms in total. The van der Waals surface area contributed by atoms with Gasteiger partial charge in [0.2, 0.25) is 11.8 Å². The van der Waals surface area contributed by atoms with Gasteiger partial charge in [-0.05, 0) is 36.5 Å². The number of nitrogens with one attached hydrogen (secondary N) is 1. The van der Waals surface area contributed by atoms with E-state index in [9.17, 15) is 14.0 Å². The second kappa shape index (κ2) is 7.77. The lowest BCUT2D eigenvalue weighted by Crippen LogP contribution is -2.31. The molecule has 130 valence electrons. The Hall–Kier alpha value is -1.91. The van der Waals surface area contributed by atoms with Gasteiger partial charge in [-0.1, -0.05) is 25.0 Å². The monoisotopic (exact) mass is 332 g/mol. The molecule has 0 radical (unpaired) electrons. The molecule has 2 fully saturated rings. The Balaban J connectivity index is 1.42. The number of amides is 2. The second-order valence-electron chi connectivity index (χ2n) is 7.13. The van der Waals surface area contributed by atoms with Crippen molar-refractivity contribution in [1.82, 2.24) is 10.2 Å². The summed E-state index contributed by atoms with van der Waals surface area (Å²) >= 11 is 0. The lowest BCUT2D eigenvalue weighted by Gasteiger charge is -2.17. The molecule has 1 aromatic rings. The van der Waals surface area contributed by atoms with Crippen molar-refractivity contribution in [1.29, 1.82) is 0 Å². The van der Waals surface area contributed by atoms with Gasteiger partial charge in [-0.2, -0.15) is 0 Å². The first-order chi connectivity index (χ1) is 11.6. The van der Waals surface area contributed by atoms with Gasteiger partial charge in [-0.3, -0.25) is 9.59 Å². The molecule has 0 unspecified atom stereocenters. The number of carbonyl (C=O) groups excluding carboxylic acids is 2. The Kier molecular flexibility index (Phi) is 5.48. The van der Waals surface area contributed by atoms with E-state index < -0.39 is 0 Å². The maximum Gasteiger partial charge on any atom is 0.223 e. The topological polar surface area (TPSA) is 49.4 Å². The predicted molar refractivity (Wildman–Crippen MR) is 89.5 cm³/mol.